The largest absolute Gasteiger partial charge is 0.457 e. The van der Waals surface area contributed by atoms with Crippen LogP contribution in [0.3, 0.4) is 0 Å². The minimum absolute atomic E-state index is 0.227. The smallest absolute Gasteiger partial charge is 0.343 e. The molecule has 0 aliphatic rings. The van der Waals surface area contributed by atoms with Crippen molar-refractivity contribution in [3.63, 3.8) is 0 Å². The van der Waals surface area contributed by atoms with Gasteiger partial charge in [-0.3, -0.25) is 4.68 Å². The highest BCUT2D eigenvalue weighted by Gasteiger charge is 2.15. The van der Waals surface area contributed by atoms with Gasteiger partial charge in [-0.1, -0.05) is 41.9 Å². The Labute approximate surface area is 104 Å². The number of nitrogens with zero attached hydrogens (tertiary/aromatic N) is 2. The lowest BCUT2D eigenvalue weighted by Gasteiger charge is -2.03. The fourth-order valence-corrected chi connectivity index (χ4v) is 1.53. The molecule has 2 aromatic rings. The van der Waals surface area contributed by atoms with E-state index < -0.39 is 5.97 Å². The Morgan fingerprint density at radius 2 is 2.12 bits per heavy atom. The number of aryl methyl sites for hydroxylation is 1. The molecule has 4 nitrogen and oxygen atoms in total. The zero-order valence-electron chi connectivity index (χ0n) is 9.26. The predicted molar refractivity (Wildman–Crippen MR) is 63.8 cm³/mol. The van der Waals surface area contributed by atoms with Gasteiger partial charge in [-0.05, 0) is 5.56 Å². The number of hydrogen-bond acceptors (Lipinski definition) is 3. The molecule has 0 amide bonds. The number of carbonyl (C=O) groups excluding carboxylic acids is 1. The molecule has 0 spiro atoms. The summed E-state index contributed by atoms with van der Waals surface area (Å²) >= 11 is 5.89. The lowest BCUT2D eigenvalue weighted by Crippen LogP contribution is -2.05. The van der Waals surface area contributed by atoms with Gasteiger partial charge in [0.15, 0.2) is 0 Å². The van der Waals surface area contributed by atoms with Crippen LogP contribution in [0.1, 0.15) is 15.9 Å². The van der Waals surface area contributed by atoms with Gasteiger partial charge < -0.3 is 4.74 Å². The van der Waals surface area contributed by atoms with Crippen LogP contribution in [-0.2, 0) is 18.4 Å². The van der Waals surface area contributed by atoms with E-state index in [0.717, 1.165) is 5.56 Å². The van der Waals surface area contributed by atoms with Gasteiger partial charge in [0.1, 0.15) is 17.3 Å². The molecule has 17 heavy (non-hydrogen) atoms. The second-order valence-corrected chi connectivity index (χ2v) is 3.89. The fourth-order valence-electron chi connectivity index (χ4n) is 1.36. The summed E-state index contributed by atoms with van der Waals surface area (Å²) in [4.78, 5) is 11.7. The molecule has 0 N–H and O–H groups in total. The molecule has 0 saturated heterocycles. The van der Waals surface area contributed by atoms with E-state index in [2.05, 4.69) is 5.10 Å². The number of rotatable bonds is 3. The van der Waals surface area contributed by atoms with Gasteiger partial charge in [0.05, 0.1) is 6.20 Å². The zero-order valence-corrected chi connectivity index (χ0v) is 10.0. The molecule has 0 bridgehead atoms. The molecular weight excluding hydrogens is 240 g/mol. The maximum absolute atomic E-state index is 11.7. The SMILES string of the molecule is Cn1ncc(C(=O)OCc2ccccc2)c1Cl. The summed E-state index contributed by atoms with van der Waals surface area (Å²) in [5.41, 5.74) is 1.21. The number of benzene rings is 1. The molecule has 0 radical (unpaired) electrons. The molecule has 0 saturated carbocycles. The second-order valence-electron chi connectivity index (χ2n) is 3.53. The Morgan fingerprint density at radius 1 is 1.41 bits per heavy atom. The number of hydrogen-bond donors (Lipinski definition) is 0. The maximum atomic E-state index is 11.7. The van der Waals surface area contributed by atoms with E-state index in [4.69, 9.17) is 16.3 Å². The van der Waals surface area contributed by atoms with E-state index in [1.165, 1.54) is 10.9 Å². The third-order valence-corrected chi connectivity index (χ3v) is 2.75. The van der Waals surface area contributed by atoms with Crippen LogP contribution in [0.15, 0.2) is 36.5 Å². The lowest BCUT2D eigenvalue weighted by molar-refractivity contribution is 0.0473. The minimum Gasteiger partial charge on any atom is -0.457 e. The van der Waals surface area contributed by atoms with E-state index in [1.807, 2.05) is 30.3 Å². The summed E-state index contributed by atoms with van der Waals surface area (Å²) in [6.07, 6.45) is 1.40. The number of carbonyl (C=O) groups is 1. The van der Waals surface area contributed by atoms with Crippen molar-refractivity contribution in [2.45, 2.75) is 6.61 Å². The van der Waals surface area contributed by atoms with Crippen molar-refractivity contribution in [3.05, 3.63) is 52.8 Å². The molecule has 0 unspecified atom stereocenters. The molecule has 0 aliphatic heterocycles. The predicted octanol–water partition coefficient (Wildman–Crippen LogP) is 2.43. The van der Waals surface area contributed by atoms with Gasteiger partial charge in [0, 0.05) is 7.05 Å². The topological polar surface area (TPSA) is 44.1 Å². The summed E-state index contributed by atoms with van der Waals surface area (Å²) in [7, 11) is 1.66. The average Bonchev–Trinajstić information content (AvgIpc) is 2.69. The Balaban J connectivity index is 2.01. The van der Waals surface area contributed by atoms with Gasteiger partial charge in [0.2, 0.25) is 0 Å². The molecule has 1 heterocycles. The molecule has 1 aromatic carbocycles. The highest BCUT2D eigenvalue weighted by Crippen LogP contribution is 2.15. The molecule has 0 aliphatic carbocycles. The van der Waals surface area contributed by atoms with Crippen LogP contribution >= 0.6 is 11.6 Å². The first-order chi connectivity index (χ1) is 8.18. The van der Waals surface area contributed by atoms with Crippen molar-refractivity contribution in [1.29, 1.82) is 0 Å². The molecule has 1 aromatic heterocycles. The molecule has 5 heteroatoms. The van der Waals surface area contributed by atoms with Crippen molar-refractivity contribution < 1.29 is 9.53 Å². The highest BCUT2D eigenvalue weighted by atomic mass is 35.5. The molecule has 2 rings (SSSR count). The Kier molecular flexibility index (Phi) is 3.44. The van der Waals surface area contributed by atoms with Gasteiger partial charge in [-0.15, -0.1) is 0 Å². The summed E-state index contributed by atoms with van der Waals surface area (Å²) in [5.74, 6) is -0.466. The van der Waals surface area contributed by atoms with Crippen LogP contribution < -0.4 is 0 Å². The van der Waals surface area contributed by atoms with Crippen molar-refractivity contribution in [2.75, 3.05) is 0 Å². The van der Waals surface area contributed by atoms with Crippen LogP contribution in [0.5, 0.6) is 0 Å². The third kappa shape index (κ3) is 2.65. The Morgan fingerprint density at radius 3 is 2.71 bits per heavy atom. The number of esters is 1. The van der Waals surface area contributed by atoms with E-state index in [1.54, 1.807) is 7.05 Å². The quantitative estimate of drug-likeness (QED) is 0.786. The monoisotopic (exact) mass is 250 g/mol. The summed E-state index contributed by atoms with van der Waals surface area (Å²) < 4.78 is 6.55. The van der Waals surface area contributed by atoms with E-state index >= 15 is 0 Å². The third-order valence-electron chi connectivity index (χ3n) is 2.30. The van der Waals surface area contributed by atoms with Crippen LogP contribution in [-0.4, -0.2) is 15.7 Å². The minimum atomic E-state index is -0.466. The van der Waals surface area contributed by atoms with E-state index in [-0.39, 0.29) is 17.3 Å². The van der Waals surface area contributed by atoms with Crippen LogP contribution in [0.2, 0.25) is 5.15 Å². The van der Waals surface area contributed by atoms with E-state index in [9.17, 15) is 4.79 Å². The number of halogens is 1. The van der Waals surface area contributed by atoms with Gasteiger partial charge in [0.25, 0.3) is 0 Å². The first-order valence-corrected chi connectivity index (χ1v) is 5.45. The highest BCUT2D eigenvalue weighted by molar-refractivity contribution is 6.32. The molecule has 0 atom stereocenters. The molecule has 0 fully saturated rings. The van der Waals surface area contributed by atoms with Crippen molar-refractivity contribution in [1.82, 2.24) is 9.78 Å². The number of aromatic nitrogens is 2. The van der Waals surface area contributed by atoms with Gasteiger partial charge in [-0.25, -0.2) is 4.79 Å². The van der Waals surface area contributed by atoms with Gasteiger partial charge in [-0.2, -0.15) is 5.10 Å². The lowest BCUT2D eigenvalue weighted by atomic mass is 10.2. The standard InChI is InChI=1S/C12H11ClN2O2/c1-15-11(13)10(7-14-15)12(16)17-8-9-5-3-2-4-6-9/h2-7H,8H2,1H3. The van der Waals surface area contributed by atoms with Crippen molar-refractivity contribution in [3.8, 4) is 0 Å². The Bertz CT molecular complexity index is 523. The summed E-state index contributed by atoms with van der Waals surface area (Å²) in [5, 5.41) is 4.16. The molecule has 88 valence electrons. The zero-order chi connectivity index (χ0) is 12.3. The average molecular weight is 251 g/mol. The first-order valence-electron chi connectivity index (χ1n) is 5.07. The molecular formula is C12H11ClN2O2. The summed E-state index contributed by atoms with van der Waals surface area (Å²) in [6, 6.07) is 9.46. The normalized spacial score (nSPS) is 10.2. The van der Waals surface area contributed by atoms with Crippen LogP contribution in [0.4, 0.5) is 0 Å². The number of ether oxygens (including phenoxy) is 1. The van der Waals surface area contributed by atoms with E-state index in [0.29, 0.717) is 0 Å². The second kappa shape index (κ2) is 5.01. The fraction of sp³-hybridized carbons (Fsp3) is 0.167. The van der Waals surface area contributed by atoms with Crippen LogP contribution in [0.25, 0.3) is 0 Å². The van der Waals surface area contributed by atoms with Crippen molar-refractivity contribution >= 4 is 17.6 Å². The maximum Gasteiger partial charge on any atom is 0.343 e. The van der Waals surface area contributed by atoms with Crippen LogP contribution in [0, 0.1) is 0 Å². The summed E-state index contributed by atoms with van der Waals surface area (Å²) in [6.45, 7) is 0.227. The van der Waals surface area contributed by atoms with Crippen molar-refractivity contribution in [2.24, 2.45) is 7.05 Å². The Hall–Kier alpha value is -1.81. The van der Waals surface area contributed by atoms with Gasteiger partial charge >= 0.3 is 5.97 Å². The first kappa shape index (κ1) is 11.7.